The first-order valence-corrected chi connectivity index (χ1v) is 37.2. The van der Waals surface area contributed by atoms with Crippen LogP contribution in [0.1, 0.15) is 187 Å². The van der Waals surface area contributed by atoms with Gasteiger partial charge in [-0.2, -0.15) is 0 Å². The summed E-state index contributed by atoms with van der Waals surface area (Å²) in [6.07, 6.45) is 28.0. The monoisotopic (exact) mass is 1240 g/mol. The van der Waals surface area contributed by atoms with Crippen LogP contribution in [0.2, 0.25) is 0 Å². The molecule has 12 fully saturated rings. The number of aliphatic hydroxyl groups excluding tert-OH is 2. The van der Waals surface area contributed by atoms with Gasteiger partial charge in [-0.3, -0.25) is 0 Å². The molecule has 18 bridgehead atoms. The van der Waals surface area contributed by atoms with E-state index in [9.17, 15) is 15.0 Å². The van der Waals surface area contributed by atoms with Gasteiger partial charge in [-0.15, -0.1) is 0 Å². The van der Waals surface area contributed by atoms with E-state index in [0.29, 0.717) is 74.5 Å². The molecular formula is C82H99NO9. The topological polar surface area (TPSA) is 166 Å². The van der Waals surface area contributed by atoms with Gasteiger partial charge in [0.15, 0.2) is 0 Å². The highest BCUT2D eigenvalue weighted by atomic mass is 16.5. The van der Waals surface area contributed by atoms with Crippen LogP contribution in [0.3, 0.4) is 0 Å². The first kappa shape index (κ1) is 58.9. The summed E-state index contributed by atoms with van der Waals surface area (Å²) in [7, 11) is 1.97. The average Bonchev–Trinajstić information content (AvgIpc) is 1.30. The number of benzene rings is 3. The molecule has 11 saturated carbocycles. The Balaban J connectivity index is 0.840. The molecule has 3 aromatic carbocycles. The van der Waals surface area contributed by atoms with Gasteiger partial charge in [-0.25, -0.2) is 4.79 Å². The Labute approximate surface area is 544 Å². The Morgan fingerprint density at radius 1 is 0.739 bits per heavy atom. The van der Waals surface area contributed by atoms with Gasteiger partial charge in [0.05, 0.1) is 42.0 Å². The summed E-state index contributed by atoms with van der Waals surface area (Å²) in [6.45, 7) is -0.457. The zero-order valence-electron chi connectivity index (χ0n) is 54.3. The van der Waals surface area contributed by atoms with Gasteiger partial charge >= 0.3 is 5.97 Å². The molecule has 92 heavy (non-hydrogen) atoms. The lowest BCUT2D eigenvalue weighted by Gasteiger charge is -2.78. The van der Waals surface area contributed by atoms with Crippen molar-refractivity contribution in [1.82, 2.24) is 5.32 Å². The minimum atomic E-state index is -1.89. The van der Waals surface area contributed by atoms with Crippen molar-refractivity contribution in [1.29, 1.82) is 0 Å². The van der Waals surface area contributed by atoms with Gasteiger partial charge < -0.3 is 45.1 Å². The van der Waals surface area contributed by atoms with E-state index in [1.165, 1.54) is 42.2 Å². The summed E-state index contributed by atoms with van der Waals surface area (Å²) in [5.74, 6) is 8.27. The molecule has 26 unspecified atom stereocenters. The molecule has 3 aromatic rings. The number of hydrogen-bond acceptors (Lipinski definition) is 10. The Bertz CT molecular complexity index is 3660. The van der Waals surface area contributed by atoms with Crippen molar-refractivity contribution in [3.63, 3.8) is 0 Å². The lowest BCUT2D eigenvalue weighted by molar-refractivity contribution is -0.388. The molecule has 4 spiro atoms. The number of esters is 1. The number of likely N-dealkylation sites (N-methyl/N-ethyl adjacent to an activating group) is 1. The van der Waals surface area contributed by atoms with Crippen molar-refractivity contribution >= 4 is 12.3 Å². The largest absolute Gasteiger partial charge is 0.454 e. The second-order valence-electron chi connectivity index (χ2n) is 34.8. The van der Waals surface area contributed by atoms with Gasteiger partial charge in [0, 0.05) is 57.1 Å². The van der Waals surface area contributed by atoms with Crippen LogP contribution in [0.4, 0.5) is 0 Å². The maximum absolute atomic E-state index is 16.5. The third-order valence-electron chi connectivity index (χ3n) is 32.8. The molecule has 26 atom stereocenters. The lowest BCUT2D eigenvalue weighted by atomic mass is 9.29. The summed E-state index contributed by atoms with van der Waals surface area (Å²) >= 11 is 0. The Kier molecular flexibility index (Phi) is 13.0. The number of rotatable bonds is 5. The molecule has 10 nitrogen and oxygen atoms in total. The number of carbonyl (C=O) groups excluding carboxylic acids is 2. The molecule has 14 aliphatic carbocycles. The number of fused-ring (bicyclic) bond motifs is 11. The van der Waals surface area contributed by atoms with Crippen molar-refractivity contribution < 1.29 is 44.6 Å². The molecule has 3 heterocycles. The molecule has 20 rings (SSSR count). The summed E-state index contributed by atoms with van der Waals surface area (Å²) < 4.78 is 15.0. The maximum Gasteiger partial charge on any atom is 0.331 e. The highest BCUT2D eigenvalue weighted by Gasteiger charge is 2.90. The van der Waals surface area contributed by atoms with Gasteiger partial charge in [0.1, 0.15) is 18.0 Å². The molecule has 3 aliphatic heterocycles. The second kappa shape index (κ2) is 20.3. The molecule has 0 amide bonds. The van der Waals surface area contributed by atoms with Gasteiger partial charge in [-0.05, 0) is 271 Å². The van der Waals surface area contributed by atoms with Crippen LogP contribution in [-0.2, 0) is 44.9 Å². The maximum atomic E-state index is 16.5. The molecule has 6 N–H and O–H groups in total. The van der Waals surface area contributed by atoms with E-state index in [1.54, 1.807) is 6.08 Å². The van der Waals surface area contributed by atoms with Crippen LogP contribution in [0.5, 0.6) is 0 Å². The molecule has 17 aliphatic rings. The highest BCUT2D eigenvalue weighted by molar-refractivity contribution is 5.87. The molecule has 486 valence electrons. The van der Waals surface area contributed by atoms with E-state index in [-0.39, 0.29) is 91.1 Å². The lowest BCUT2D eigenvalue weighted by Crippen LogP contribution is -2.85. The predicted octanol–water partition coefficient (Wildman–Crippen LogP) is 11.9. The first-order valence-electron chi connectivity index (χ1n) is 37.2. The van der Waals surface area contributed by atoms with Gasteiger partial charge in [0.25, 0.3) is 0 Å². The van der Waals surface area contributed by atoms with E-state index in [2.05, 4.69) is 90.0 Å². The van der Waals surface area contributed by atoms with Crippen molar-refractivity contribution in [2.45, 2.75) is 221 Å². The van der Waals surface area contributed by atoms with Crippen molar-refractivity contribution in [2.24, 2.45) is 109 Å². The third-order valence-corrected chi connectivity index (χ3v) is 32.8. The van der Waals surface area contributed by atoms with Crippen LogP contribution in [0.15, 0.2) is 96.6 Å². The predicted molar refractivity (Wildman–Crippen MR) is 349 cm³/mol. The summed E-state index contributed by atoms with van der Waals surface area (Å²) in [5.41, 5.74) is -2.72. The fraction of sp³-hybridized carbons (Fsp3) is 0.683. The zero-order valence-corrected chi connectivity index (χ0v) is 54.3. The second-order valence-corrected chi connectivity index (χ2v) is 34.8. The Hall–Kier alpha value is -4.44. The summed E-state index contributed by atoms with van der Waals surface area (Å²) in [4.78, 5) is 31.0. The number of aldehydes is 1. The van der Waals surface area contributed by atoms with Crippen LogP contribution in [0, 0.1) is 121 Å². The van der Waals surface area contributed by atoms with Crippen LogP contribution in [0.25, 0.3) is 0 Å². The normalized spacial score (nSPS) is 50.5. The third kappa shape index (κ3) is 7.25. The van der Waals surface area contributed by atoms with E-state index in [0.717, 1.165) is 112 Å². The summed E-state index contributed by atoms with van der Waals surface area (Å²) in [5, 5.41) is 75.4. The number of carbonyl (C=O) groups is 2. The molecule has 0 radical (unpaired) electrons. The molecular weight excluding hydrogens is 1140 g/mol. The standard InChI is InChI=1S/C82H99NO9/c1-83-68-39-62-52(14-8-16-56(62)43-84)20-26-74(24-5-6-25-74)44-77-29-23-70-76(46-85)45-78-65-38-57-34-53(51-12-3-2-4-13-51)21-27-75(57,78)28-22-61(65)69-33-49-11-7-10-48(30-49)31-50-18-19-55(32-50)60-17-9-15-54-35-67(73(78)91-69)82(76,90)59(37-63(54)60)41-80(70,88)81(77,89)42-58-36-64(68)72-66(40-71(87)92-72)79(58,77)47-86/h2-4,7-16,30,40,46,50,53-55,57-61,63-65,67-70,72-73,83-84,86,88-90H,5-6,17-19,21-25,27-29,31-39,41-45,47H2,1H3. The van der Waals surface area contributed by atoms with Crippen molar-refractivity contribution in [3.8, 4) is 11.8 Å². The van der Waals surface area contributed by atoms with Crippen LogP contribution < -0.4 is 5.32 Å². The number of ether oxygens (including phenoxy) is 2. The number of hydrogen-bond donors (Lipinski definition) is 6. The average molecular weight is 1240 g/mol. The Morgan fingerprint density at radius 3 is 2.37 bits per heavy atom. The zero-order chi connectivity index (χ0) is 62.2. The highest BCUT2D eigenvalue weighted by Crippen LogP contribution is 2.87. The smallest absolute Gasteiger partial charge is 0.331 e. The van der Waals surface area contributed by atoms with Crippen molar-refractivity contribution in [2.75, 3.05) is 13.7 Å². The first-order chi connectivity index (χ1) is 44.7. The number of allylic oxidation sites excluding steroid dienone is 2. The fourth-order valence-electron chi connectivity index (χ4n) is 29.8. The summed E-state index contributed by atoms with van der Waals surface area (Å²) in [6, 6.07) is 26.7. The number of nitrogens with one attached hydrogen (secondary N) is 1. The van der Waals surface area contributed by atoms with E-state index in [4.69, 9.17) is 9.47 Å². The van der Waals surface area contributed by atoms with E-state index < -0.39 is 67.8 Å². The number of aliphatic hydroxyl groups is 5. The molecule has 10 heteroatoms. The van der Waals surface area contributed by atoms with Gasteiger partial charge in [0.2, 0.25) is 0 Å². The quantitative estimate of drug-likeness (QED) is 0.0627. The molecule has 1 saturated heterocycles. The van der Waals surface area contributed by atoms with E-state index >= 15 is 20.1 Å². The van der Waals surface area contributed by atoms with Crippen LogP contribution >= 0.6 is 0 Å². The minimum Gasteiger partial charge on any atom is -0.454 e. The minimum absolute atomic E-state index is 0.0282. The van der Waals surface area contributed by atoms with Gasteiger partial charge in [-0.1, -0.05) is 104 Å². The fourth-order valence-corrected chi connectivity index (χ4v) is 29.8. The van der Waals surface area contributed by atoms with Crippen LogP contribution in [-0.4, -0.2) is 92.6 Å². The molecule has 0 aromatic heterocycles. The Morgan fingerprint density at radius 2 is 1.55 bits per heavy atom. The van der Waals surface area contributed by atoms with E-state index in [1.807, 2.05) is 19.2 Å². The van der Waals surface area contributed by atoms with Crippen molar-refractivity contribution in [3.05, 3.63) is 130 Å². The SMILES string of the molecule is CNC1Cc2c(cccc2CO)C#CC2(CCCC2)CC23CCC4C(O)(CC5CC6C7C=CCC6C6CCC(Cc8cccc(c8)CC8OC9C(C7)C5(O)C4(C=O)CC94C5CC7CC(c9ccccc9)CCC74CCC85)C6)C2(O)CC2CC1C1OC(=O)C=C1C23CO.